The number of methoxy groups -OCH3 is 1. The van der Waals surface area contributed by atoms with Crippen LogP contribution in [-0.2, 0) is 19.4 Å². The lowest BCUT2D eigenvalue weighted by Crippen LogP contribution is -2.36. The first-order valence-corrected chi connectivity index (χ1v) is 6.78. The molecule has 1 unspecified atom stereocenters. The van der Waals surface area contributed by atoms with Gasteiger partial charge in [0.1, 0.15) is 5.75 Å². The highest BCUT2D eigenvalue weighted by molar-refractivity contribution is 7.92. The molecule has 1 atom stereocenters. The van der Waals surface area contributed by atoms with Crippen LogP contribution in [0.2, 0.25) is 0 Å². The molecule has 0 saturated heterocycles. The van der Waals surface area contributed by atoms with Crippen molar-refractivity contribution in [1.29, 1.82) is 0 Å². The Kier molecular flexibility index (Phi) is 6.51. The molecule has 6 heteroatoms. The van der Waals surface area contributed by atoms with Crippen LogP contribution in [0.15, 0.2) is 0 Å². The fraction of sp³-hybridized carbons (Fsp3) is 0.889. The summed E-state index contributed by atoms with van der Waals surface area (Å²) in [5, 5.41) is 3.05. The second-order valence-corrected chi connectivity index (χ2v) is 5.40. The monoisotopic (exact) mass is 237 g/mol. The molecule has 0 aromatic rings. The summed E-state index contributed by atoms with van der Waals surface area (Å²) in [5.41, 5.74) is 0. The number of ether oxygens (including phenoxy) is 1. The highest BCUT2D eigenvalue weighted by atomic mass is 32.2. The van der Waals surface area contributed by atoms with E-state index >= 15 is 0 Å². The average Bonchev–Trinajstić information content (AvgIpc) is 2.15. The Morgan fingerprint density at radius 3 is 2.40 bits per heavy atom. The lowest BCUT2D eigenvalue weighted by molar-refractivity contribution is -0.137. The predicted octanol–water partition coefficient (Wildman–Crippen LogP) is -0.0377. The summed E-state index contributed by atoms with van der Waals surface area (Å²) >= 11 is 0. The van der Waals surface area contributed by atoms with Crippen molar-refractivity contribution in [2.45, 2.75) is 26.3 Å². The molecule has 0 spiro atoms. The van der Waals surface area contributed by atoms with Crippen LogP contribution in [-0.4, -0.2) is 45.6 Å². The Morgan fingerprint density at radius 2 is 2.00 bits per heavy atom. The number of carbonyl (C=O) groups is 1. The third kappa shape index (κ3) is 6.46. The molecule has 0 aromatic carbocycles. The van der Waals surface area contributed by atoms with E-state index < -0.39 is 21.6 Å². The van der Waals surface area contributed by atoms with Crippen molar-refractivity contribution in [1.82, 2.24) is 5.32 Å². The van der Waals surface area contributed by atoms with Crippen molar-refractivity contribution in [3.8, 4) is 0 Å². The molecule has 0 rings (SSSR count). The fourth-order valence-corrected chi connectivity index (χ4v) is 2.78. The number of carbonyl (C=O) groups excluding carboxylic acids is 1. The number of esters is 1. The van der Waals surface area contributed by atoms with Crippen LogP contribution in [0.5, 0.6) is 0 Å². The van der Waals surface area contributed by atoms with Crippen molar-refractivity contribution in [3.63, 3.8) is 0 Å². The molecule has 0 saturated carbocycles. The minimum atomic E-state index is -3.36. The van der Waals surface area contributed by atoms with Gasteiger partial charge in [-0.25, -0.2) is 8.42 Å². The zero-order valence-electron chi connectivity index (χ0n) is 9.45. The fourth-order valence-electron chi connectivity index (χ4n) is 1.21. The molecule has 0 aromatic heterocycles. The van der Waals surface area contributed by atoms with Gasteiger partial charge in [-0.05, 0) is 13.0 Å². The molecule has 1 N–H and O–H groups in total. The first-order valence-electron chi connectivity index (χ1n) is 4.95. The molecule has 0 radical (unpaired) electrons. The Balaban J connectivity index is 4.28. The Hall–Kier alpha value is -0.620. The molecule has 90 valence electrons. The molecule has 0 aliphatic heterocycles. The molecular formula is C9H19NO4S. The van der Waals surface area contributed by atoms with E-state index in [0.29, 0.717) is 13.0 Å². The molecule has 0 amide bonds. The van der Waals surface area contributed by atoms with Gasteiger partial charge >= 0.3 is 5.97 Å². The van der Waals surface area contributed by atoms with E-state index in [1.165, 1.54) is 7.11 Å². The van der Waals surface area contributed by atoms with Gasteiger partial charge in [-0.2, -0.15) is 0 Å². The minimum absolute atomic E-state index is 0.0214. The van der Waals surface area contributed by atoms with Gasteiger partial charge < -0.3 is 10.1 Å². The maximum Gasteiger partial charge on any atom is 0.320 e. The van der Waals surface area contributed by atoms with E-state index in [4.69, 9.17) is 0 Å². The van der Waals surface area contributed by atoms with E-state index in [1.807, 2.05) is 13.8 Å². The highest BCUT2D eigenvalue weighted by Gasteiger charge is 2.21. The van der Waals surface area contributed by atoms with E-state index in [-0.39, 0.29) is 11.8 Å². The van der Waals surface area contributed by atoms with Gasteiger partial charge in [0.25, 0.3) is 0 Å². The maximum atomic E-state index is 11.5. The van der Waals surface area contributed by atoms with Crippen molar-refractivity contribution in [3.05, 3.63) is 0 Å². The van der Waals surface area contributed by atoms with Gasteiger partial charge in [0, 0.05) is 6.04 Å². The van der Waals surface area contributed by atoms with Crippen LogP contribution in [0.4, 0.5) is 0 Å². The molecule has 0 aliphatic carbocycles. The van der Waals surface area contributed by atoms with Crippen molar-refractivity contribution in [2.75, 3.05) is 25.2 Å². The summed E-state index contributed by atoms with van der Waals surface area (Å²) in [6, 6.07) is -0.0929. The molecule has 0 fully saturated rings. The molecule has 0 bridgehead atoms. The molecule has 0 heterocycles. The van der Waals surface area contributed by atoms with Crippen LogP contribution in [0.25, 0.3) is 0 Å². The van der Waals surface area contributed by atoms with Gasteiger partial charge in [0.05, 0.1) is 12.9 Å². The smallest absolute Gasteiger partial charge is 0.320 e. The highest BCUT2D eigenvalue weighted by Crippen LogP contribution is 2.00. The summed E-state index contributed by atoms with van der Waals surface area (Å²) in [6.07, 6.45) is 0.717. The normalized spacial score (nSPS) is 13.5. The summed E-state index contributed by atoms with van der Waals surface area (Å²) in [7, 11) is -2.18. The lowest BCUT2D eigenvalue weighted by Gasteiger charge is -2.15. The Morgan fingerprint density at radius 1 is 1.40 bits per heavy atom. The summed E-state index contributed by atoms with van der Waals surface area (Å²) < 4.78 is 27.3. The van der Waals surface area contributed by atoms with E-state index in [0.717, 1.165) is 0 Å². The maximum absolute atomic E-state index is 11.5. The summed E-state index contributed by atoms with van der Waals surface area (Å²) in [6.45, 7) is 4.53. The SMILES string of the molecule is CCNC(CC)CS(=O)(=O)CC(=O)OC. The van der Waals surface area contributed by atoms with Gasteiger partial charge in [-0.1, -0.05) is 13.8 Å². The quantitative estimate of drug-likeness (QED) is 0.629. The van der Waals surface area contributed by atoms with Gasteiger partial charge in [0.2, 0.25) is 0 Å². The van der Waals surface area contributed by atoms with Crippen LogP contribution in [0, 0.1) is 0 Å². The van der Waals surface area contributed by atoms with Gasteiger partial charge in [0.15, 0.2) is 9.84 Å². The zero-order chi connectivity index (χ0) is 11.9. The number of rotatable bonds is 7. The number of sulfone groups is 1. The van der Waals surface area contributed by atoms with E-state index in [2.05, 4.69) is 10.1 Å². The lowest BCUT2D eigenvalue weighted by atomic mass is 10.2. The minimum Gasteiger partial charge on any atom is -0.468 e. The molecular weight excluding hydrogens is 218 g/mol. The molecule has 0 aliphatic rings. The number of hydrogen-bond donors (Lipinski definition) is 1. The van der Waals surface area contributed by atoms with Gasteiger partial charge in [-0.3, -0.25) is 4.79 Å². The van der Waals surface area contributed by atoms with Gasteiger partial charge in [-0.15, -0.1) is 0 Å². The first-order chi connectivity index (χ1) is 6.95. The standard InChI is InChI=1S/C9H19NO4S/c1-4-8(10-5-2)6-15(12,13)7-9(11)14-3/h8,10H,4-7H2,1-3H3. The number of hydrogen-bond acceptors (Lipinski definition) is 5. The molecule has 5 nitrogen and oxygen atoms in total. The van der Waals surface area contributed by atoms with Crippen LogP contribution < -0.4 is 5.32 Å². The Labute approximate surface area is 91.1 Å². The van der Waals surface area contributed by atoms with Crippen LogP contribution in [0.1, 0.15) is 20.3 Å². The van der Waals surface area contributed by atoms with Crippen molar-refractivity contribution >= 4 is 15.8 Å². The molecule has 15 heavy (non-hydrogen) atoms. The van der Waals surface area contributed by atoms with E-state index in [9.17, 15) is 13.2 Å². The third-order valence-corrected chi connectivity index (χ3v) is 3.59. The summed E-state index contributed by atoms with van der Waals surface area (Å²) in [4.78, 5) is 10.8. The van der Waals surface area contributed by atoms with Crippen LogP contribution >= 0.6 is 0 Å². The second-order valence-electron chi connectivity index (χ2n) is 3.29. The first kappa shape index (κ1) is 14.4. The second kappa shape index (κ2) is 6.79. The Bertz CT molecular complexity index is 286. The largest absolute Gasteiger partial charge is 0.468 e. The van der Waals surface area contributed by atoms with Crippen LogP contribution in [0.3, 0.4) is 0 Å². The van der Waals surface area contributed by atoms with Crippen molar-refractivity contribution in [2.24, 2.45) is 0 Å². The topological polar surface area (TPSA) is 72.5 Å². The average molecular weight is 237 g/mol. The number of nitrogens with one attached hydrogen (secondary N) is 1. The van der Waals surface area contributed by atoms with Crippen molar-refractivity contribution < 1.29 is 17.9 Å². The van der Waals surface area contributed by atoms with E-state index in [1.54, 1.807) is 0 Å². The third-order valence-electron chi connectivity index (χ3n) is 2.01. The predicted molar refractivity (Wildman–Crippen MR) is 58.4 cm³/mol. The summed E-state index contributed by atoms with van der Waals surface area (Å²) in [5.74, 6) is -1.26. The zero-order valence-corrected chi connectivity index (χ0v) is 10.3.